The Bertz CT molecular complexity index is 264. The Balaban J connectivity index is 2.55. The number of amidine groups is 1. The lowest BCUT2D eigenvalue weighted by molar-refractivity contribution is 0.622. The van der Waals surface area contributed by atoms with Gasteiger partial charge in [-0.2, -0.15) is 17.0 Å². The molecule has 1 fully saturated rings. The van der Waals surface area contributed by atoms with Gasteiger partial charge in [0.25, 0.3) is 0 Å². The topological polar surface area (TPSA) is 48.2 Å². The van der Waals surface area contributed by atoms with E-state index in [1.807, 2.05) is 24.2 Å². The molecule has 1 aliphatic rings. The molecule has 0 aromatic carbocycles. The Hall–Kier alpha value is -0.340. The summed E-state index contributed by atoms with van der Waals surface area (Å²) >= 11 is 3.42. The first-order chi connectivity index (χ1) is 7.26. The van der Waals surface area contributed by atoms with E-state index >= 15 is 0 Å². The molecule has 5 heteroatoms. The maximum atomic E-state index is 8.52. The lowest BCUT2D eigenvalue weighted by Crippen LogP contribution is -2.26. The first-order valence-corrected chi connectivity index (χ1v) is 7.50. The molecule has 0 unspecified atom stereocenters. The molecule has 0 aliphatic heterocycles. The molecule has 1 rings (SSSR count). The second-order valence-corrected chi connectivity index (χ2v) is 5.73. The summed E-state index contributed by atoms with van der Waals surface area (Å²) in [6, 6.07) is 0. The largest absolute Gasteiger partial charge is 0.272 e. The second-order valence-electron chi connectivity index (χ2n) is 3.66. The highest BCUT2D eigenvalue weighted by Crippen LogP contribution is 2.40. The normalized spacial score (nSPS) is 19.9. The number of aliphatic imine (C=N–C) groups is 1. The van der Waals surface area contributed by atoms with Crippen LogP contribution in [0.15, 0.2) is 4.99 Å². The predicted octanol–water partition coefficient (Wildman–Crippen LogP) is 2.45. The van der Waals surface area contributed by atoms with Crippen LogP contribution in [-0.4, -0.2) is 29.0 Å². The van der Waals surface area contributed by atoms with Gasteiger partial charge in [0.15, 0.2) is 11.4 Å². The molecule has 15 heavy (non-hydrogen) atoms. The van der Waals surface area contributed by atoms with Gasteiger partial charge in [-0.1, -0.05) is 24.6 Å². The second kappa shape index (κ2) is 6.29. The summed E-state index contributed by atoms with van der Waals surface area (Å²) in [7, 11) is 0. The molecule has 3 nitrogen and oxygen atoms in total. The maximum Gasteiger partial charge on any atom is 0.183 e. The predicted molar refractivity (Wildman–Crippen MR) is 69.3 cm³/mol. The first-order valence-electron chi connectivity index (χ1n) is 5.05. The van der Waals surface area contributed by atoms with Crippen LogP contribution >= 0.6 is 23.5 Å². The van der Waals surface area contributed by atoms with Gasteiger partial charge in [-0.3, -0.25) is 10.3 Å². The molecule has 0 atom stereocenters. The van der Waals surface area contributed by atoms with Gasteiger partial charge < -0.3 is 0 Å². The molecule has 0 amide bonds. The molecule has 84 valence electrons. The van der Waals surface area contributed by atoms with E-state index in [0.717, 1.165) is 11.7 Å². The van der Waals surface area contributed by atoms with Crippen molar-refractivity contribution >= 4 is 28.7 Å². The van der Waals surface area contributed by atoms with Crippen molar-refractivity contribution in [1.82, 2.24) is 5.32 Å². The number of nitrogens with zero attached hydrogens (tertiary/aromatic N) is 2. The first kappa shape index (κ1) is 12.7. The van der Waals surface area contributed by atoms with Crippen LogP contribution in [-0.2, 0) is 0 Å². The zero-order valence-corrected chi connectivity index (χ0v) is 10.9. The molecule has 0 radical (unpaired) electrons. The molecule has 1 aliphatic carbocycles. The van der Waals surface area contributed by atoms with Gasteiger partial charge in [0.1, 0.15) is 0 Å². The molecular weight excluding hydrogens is 226 g/mol. The average Bonchev–Trinajstić information content (AvgIpc) is 2.73. The van der Waals surface area contributed by atoms with Gasteiger partial charge in [0, 0.05) is 4.75 Å². The van der Waals surface area contributed by atoms with Crippen molar-refractivity contribution in [1.29, 1.82) is 5.26 Å². The van der Waals surface area contributed by atoms with Gasteiger partial charge in [0.2, 0.25) is 0 Å². The Morgan fingerprint density at radius 3 is 2.60 bits per heavy atom. The minimum absolute atomic E-state index is 0.331. The number of hydrogen-bond donors (Lipinski definition) is 1. The van der Waals surface area contributed by atoms with Crippen molar-refractivity contribution in [3.05, 3.63) is 0 Å². The molecular formula is C10H17N3S2. The third-order valence-electron chi connectivity index (χ3n) is 2.81. The van der Waals surface area contributed by atoms with E-state index in [1.165, 1.54) is 37.4 Å². The van der Waals surface area contributed by atoms with E-state index in [2.05, 4.69) is 16.6 Å². The van der Waals surface area contributed by atoms with E-state index in [4.69, 9.17) is 5.26 Å². The van der Waals surface area contributed by atoms with E-state index < -0.39 is 0 Å². The zero-order valence-electron chi connectivity index (χ0n) is 9.25. The van der Waals surface area contributed by atoms with Crippen LogP contribution in [0.3, 0.4) is 0 Å². The highest BCUT2D eigenvalue weighted by molar-refractivity contribution is 8.13. The quantitative estimate of drug-likeness (QED) is 0.358. The summed E-state index contributed by atoms with van der Waals surface area (Å²) in [5, 5.41) is 11.9. The molecule has 0 saturated heterocycles. The molecule has 0 aromatic heterocycles. The van der Waals surface area contributed by atoms with Crippen molar-refractivity contribution in [3.8, 4) is 6.19 Å². The van der Waals surface area contributed by atoms with Crippen LogP contribution in [0, 0.1) is 11.5 Å². The number of rotatable bonds is 3. The molecule has 0 bridgehead atoms. The van der Waals surface area contributed by atoms with Gasteiger partial charge in [-0.25, -0.2) is 0 Å². The summed E-state index contributed by atoms with van der Waals surface area (Å²) in [5.74, 6) is 0. The average molecular weight is 243 g/mol. The molecule has 1 saturated carbocycles. The SMILES string of the molecule is CSC(=NCC1(SC)CCCC1)NC#N. The summed E-state index contributed by atoms with van der Waals surface area (Å²) in [4.78, 5) is 4.48. The summed E-state index contributed by atoms with van der Waals surface area (Å²) in [6.45, 7) is 0.832. The van der Waals surface area contributed by atoms with E-state index in [-0.39, 0.29) is 0 Å². The van der Waals surface area contributed by atoms with Crippen molar-refractivity contribution in [2.45, 2.75) is 30.4 Å². The van der Waals surface area contributed by atoms with Crippen LogP contribution in [0.4, 0.5) is 0 Å². The van der Waals surface area contributed by atoms with Gasteiger partial charge in [0.05, 0.1) is 6.54 Å². The molecule has 0 aromatic rings. The Morgan fingerprint density at radius 1 is 1.47 bits per heavy atom. The lowest BCUT2D eigenvalue weighted by atomic mass is 10.1. The molecule has 1 N–H and O–H groups in total. The number of nitrogens with one attached hydrogen (secondary N) is 1. The van der Waals surface area contributed by atoms with E-state index in [9.17, 15) is 0 Å². The van der Waals surface area contributed by atoms with Crippen molar-refractivity contribution in [3.63, 3.8) is 0 Å². The van der Waals surface area contributed by atoms with Gasteiger partial charge >= 0.3 is 0 Å². The van der Waals surface area contributed by atoms with Crippen molar-refractivity contribution in [2.75, 3.05) is 19.1 Å². The Labute approximate surface area is 100 Å². The summed E-state index contributed by atoms with van der Waals surface area (Å²) in [6.07, 6.45) is 11.2. The smallest absolute Gasteiger partial charge is 0.183 e. The van der Waals surface area contributed by atoms with Crippen molar-refractivity contribution < 1.29 is 0 Å². The van der Waals surface area contributed by atoms with Gasteiger partial charge in [-0.05, 0) is 25.4 Å². The molecule has 0 spiro atoms. The Kier molecular flexibility index (Phi) is 5.34. The maximum absolute atomic E-state index is 8.52. The fourth-order valence-electron chi connectivity index (χ4n) is 1.86. The molecule has 0 heterocycles. The third-order valence-corrected chi connectivity index (χ3v) is 4.84. The van der Waals surface area contributed by atoms with E-state index in [1.54, 1.807) is 0 Å². The third kappa shape index (κ3) is 3.62. The van der Waals surface area contributed by atoms with Crippen LogP contribution in [0.5, 0.6) is 0 Å². The monoisotopic (exact) mass is 243 g/mol. The minimum Gasteiger partial charge on any atom is -0.272 e. The minimum atomic E-state index is 0.331. The van der Waals surface area contributed by atoms with Crippen molar-refractivity contribution in [2.24, 2.45) is 4.99 Å². The lowest BCUT2D eigenvalue weighted by Gasteiger charge is -2.24. The standard InChI is InChI=1S/C10H17N3S2/c1-14-9(13-8-11)12-7-10(15-2)5-3-4-6-10/h3-7H2,1-2H3,(H,12,13). The highest BCUT2D eigenvalue weighted by atomic mass is 32.2. The number of nitriles is 1. The van der Waals surface area contributed by atoms with Crippen LogP contribution in [0.1, 0.15) is 25.7 Å². The number of thioether (sulfide) groups is 2. The van der Waals surface area contributed by atoms with E-state index in [0.29, 0.717) is 4.75 Å². The zero-order chi connectivity index (χ0) is 11.1. The highest BCUT2D eigenvalue weighted by Gasteiger charge is 2.32. The van der Waals surface area contributed by atoms with Crippen LogP contribution in [0.25, 0.3) is 0 Å². The Morgan fingerprint density at radius 2 is 2.13 bits per heavy atom. The fourth-order valence-corrected chi connectivity index (χ4v) is 3.10. The summed E-state index contributed by atoms with van der Waals surface area (Å²) < 4.78 is 0.331. The number of hydrogen-bond acceptors (Lipinski definition) is 4. The van der Waals surface area contributed by atoms with Gasteiger partial charge in [-0.15, -0.1) is 0 Å². The van der Waals surface area contributed by atoms with Crippen LogP contribution in [0.2, 0.25) is 0 Å². The summed E-state index contributed by atoms with van der Waals surface area (Å²) in [5.41, 5.74) is 0. The fraction of sp³-hybridized carbons (Fsp3) is 0.800. The van der Waals surface area contributed by atoms with Crippen LogP contribution < -0.4 is 5.32 Å².